The number of amides is 4. The van der Waals surface area contributed by atoms with Crippen LogP contribution in [0.1, 0.15) is 129 Å². The third-order valence-corrected chi connectivity index (χ3v) is 15.8. The number of nitrogens with one attached hydrogen (secondary N) is 4. The highest BCUT2D eigenvalue weighted by Crippen LogP contribution is 2.53. The molecule has 15 nitrogen and oxygen atoms in total. The predicted molar refractivity (Wildman–Crippen MR) is 273 cm³/mol. The summed E-state index contributed by atoms with van der Waals surface area (Å²) < 4.78 is 9.68. The van der Waals surface area contributed by atoms with E-state index in [-0.39, 0.29) is 51.5 Å². The Hall–Kier alpha value is -6.51. The minimum absolute atomic E-state index is 0.137. The molecule has 2 saturated heterocycles. The number of aromatic amines is 2. The Morgan fingerprint density at radius 1 is 0.676 bits per heavy atom. The molecule has 4 amide bonds. The van der Waals surface area contributed by atoms with E-state index in [1.165, 1.54) is 56.6 Å². The van der Waals surface area contributed by atoms with Gasteiger partial charge in [-0.1, -0.05) is 111 Å². The summed E-state index contributed by atoms with van der Waals surface area (Å²) in [4.78, 5) is 86.7. The van der Waals surface area contributed by atoms with Gasteiger partial charge in [-0.15, -0.1) is 0 Å². The van der Waals surface area contributed by atoms with Gasteiger partial charge in [0.05, 0.1) is 49.1 Å². The molecule has 5 aromatic rings. The van der Waals surface area contributed by atoms with E-state index in [0.29, 0.717) is 42.1 Å². The van der Waals surface area contributed by atoms with Crippen molar-refractivity contribution in [2.24, 2.45) is 28.1 Å². The maximum Gasteiger partial charge on any atom is 0.407 e. The number of imidazole rings is 1. The van der Waals surface area contributed by atoms with Gasteiger partial charge < -0.3 is 39.9 Å². The van der Waals surface area contributed by atoms with Crippen molar-refractivity contribution < 1.29 is 28.7 Å². The van der Waals surface area contributed by atoms with Crippen molar-refractivity contribution >= 4 is 34.9 Å². The van der Waals surface area contributed by atoms with Crippen molar-refractivity contribution in [1.29, 1.82) is 0 Å². The molecule has 376 valence electrons. The van der Waals surface area contributed by atoms with Crippen LogP contribution in [0.15, 0.2) is 65.6 Å². The highest BCUT2D eigenvalue weighted by atomic mass is 16.5. The van der Waals surface area contributed by atoms with Gasteiger partial charge in [0.25, 0.3) is 5.56 Å². The smallest absolute Gasteiger partial charge is 0.407 e. The average Bonchev–Trinajstić information content (AvgIpc) is 4.19. The molecule has 0 unspecified atom stereocenters. The van der Waals surface area contributed by atoms with Crippen LogP contribution in [-0.4, -0.2) is 93.1 Å². The van der Waals surface area contributed by atoms with Crippen LogP contribution in [0.2, 0.25) is 0 Å². The fourth-order valence-corrected chi connectivity index (χ4v) is 12.1. The molecule has 2 aliphatic carbocycles. The van der Waals surface area contributed by atoms with Crippen LogP contribution in [0.4, 0.5) is 9.59 Å². The number of alkyl carbamates (subject to hydrolysis) is 2. The number of ether oxygens (including phenoxy) is 2. The topological polar surface area (TPSA) is 192 Å². The number of benzene rings is 3. The second kappa shape index (κ2) is 18.9. The number of hydrogen-bond acceptors (Lipinski definition) is 9. The Bertz CT molecular complexity index is 2930. The standard InChI is InChI=1S/C56H70N8O7/c1-31(2)45(60-52(68)70-9)50(66)63-29-54(5,6)26-43(63)47-57-28-42(59-47)34-15-13-33(14-16-34)36-18-19-37(40-25-56(24-39(36)40)21-11-12-22-56)35-17-20-41-38(23-35)49(65)62-48(58-41)44-27-55(7,8)30-64(44)51(67)46(32(3)4)61-53(69)71-10/h13-20,23,28,31-32,43-46H,11-12,21-22,24-27,29-30H2,1-10H3,(H,57,59)(H,60,68)(H,61,69)(H,58,62,65)/t43-,44+,45-,46+/m0/s1. The molecule has 9 rings (SSSR count). The average molecular weight is 967 g/mol. The van der Waals surface area contributed by atoms with E-state index in [0.717, 1.165) is 47.2 Å². The summed E-state index contributed by atoms with van der Waals surface area (Å²) in [6, 6.07) is 16.8. The Labute approximate surface area is 416 Å². The van der Waals surface area contributed by atoms with E-state index >= 15 is 0 Å². The molecule has 1 spiro atoms. The first-order valence-corrected chi connectivity index (χ1v) is 25.3. The van der Waals surface area contributed by atoms with Crippen molar-refractivity contribution in [2.75, 3.05) is 27.3 Å². The third kappa shape index (κ3) is 9.68. The Balaban J connectivity index is 0.992. The minimum atomic E-state index is -0.799. The summed E-state index contributed by atoms with van der Waals surface area (Å²) in [5, 5.41) is 5.95. The lowest BCUT2D eigenvalue weighted by Gasteiger charge is -2.30. The molecule has 71 heavy (non-hydrogen) atoms. The molecule has 4 aliphatic rings. The molecular weight excluding hydrogens is 897 g/mol. The number of hydrogen-bond donors (Lipinski definition) is 4. The van der Waals surface area contributed by atoms with E-state index in [1.54, 1.807) is 4.90 Å². The molecule has 4 heterocycles. The van der Waals surface area contributed by atoms with Crippen LogP contribution < -0.4 is 16.2 Å². The van der Waals surface area contributed by atoms with Gasteiger partial charge in [0.2, 0.25) is 11.8 Å². The molecule has 3 aromatic carbocycles. The molecule has 4 N–H and O–H groups in total. The van der Waals surface area contributed by atoms with Gasteiger partial charge in [-0.25, -0.2) is 19.6 Å². The summed E-state index contributed by atoms with van der Waals surface area (Å²) >= 11 is 0. The molecule has 1 saturated carbocycles. The second-order valence-corrected chi connectivity index (χ2v) is 23.0. The van der Waals surface area contributed by atoms with Gasteiger partial charge in [0.15, 0.2) is 0 Å². The van der Waals surface area contributed by atoms with Gasteiger partial charge in [0, 0.05) is 13.1 Å². The highest BCUT2D eigenvalue weighted by Gasteiger charge is 2.47. The van der Waals surface area contributed by atoms with Gasteiger partial charge in [-0.3, -0.25) is 14.4 Å². The largest absolute Gasteiger partial charge is 0.453 e. The van der Waals surface area contributed by atoms with Gasteiger partial charge in [-0.2, -0.15) is 0 Å². The molecule has 0 bridgehead atoms. The lowest BCUT2D eigenvalue weighted by molar-refractivity contribution is -0.136. The number of fused-ring (bicyclic) bond motifs is 2. The van der Waals surface area contributed by atoms with Crippen molar-refractivity contribution in [2.45, 2.75) is 131 Å². The molecule has 2 aliphatic heterocycles. The quantitative estimate of drug-likeness (QED) is 0.0998. The number of rotatable bonds is 11. The first kappa shape index (κ1) is 49.5. The SMILES string of the molecule is COC(=O)N[C@H](C(=O)N1CC(C)(C)C[C@H]1c1ncc(-c2ccc(-c3ccc(-c4ccc5nc([C@H]6CC(C)(C)CN6C(=O)[C@H](NC(=O)OC)C(C)C)[nH]c(=O)c5c4)c4c3CC3(CCCC3)C4)cc2)[nH]1)C(C)C. The summed E-state index contributed by atoms with van der Waals surface area (Å²) in [5.41, 5.74) is 9.15. The lowest BCUT2D eigenvalue weighted by Crippen LogP contribution is -2.51. The molecule has 0 radical (unpaired) electrons. The molecule has 15 heteroatoms. The maximum atomic E-state index is 14.1. The first-order valence-electron chi connectivity index (χ1n) is 25.3. The Morgan fingerprint density at radius 3 is 1.69 bits per heavy atom. The van der Waals surface area contributed by atoms with E-state index in [2.05, 4.69) is 90.8 Å². The van der Waals surface area contributed by atoms with Crippen LogP contribution >= 0.6 is 0 Å². The zero-order valence-corrected chi connectivity index (χ0v) is 43.0. The number of likely N-dealkylation sites (tertiary alicyclic amines) is 2. The fraction of sp³-hybridized carbons (Fsp3) is 0.518. The first-order chi connectivity index (χ1) is 33.7. The number of nitrogens with zero attached hydrogens (tertiary/aromatic N) is 4. The molecule has 2 aromatic heterocycles. The molecule has 4 atom stereocenters. The lowest BCUT2D eigenvalue weighted by atomic mass is 9.82. The van der Waals surface area contributed by atoms with Crippen LogP contribution in [0, 0.1) is 28.1 Å². The summed E-state index contributed by atoms with van der Waals surface area (Å²) in [7, 11) is 2.58. The van der Waals surface area contributed by atoms with E-state index in [1.807, 2.05) is 50.9 Å². The van der Waals surface area contributed by atoms with Gasteiger partial charge in [-0.05, 0) is 118 Å². The Morgan fingerprint density at radius 2 is 1.17 bits per heavy atom. The van der Waals surface area contributed by atoms with Gasteiger partial charge in [0.1, 0.15) is 23.7 Å². The van der Waals surface area contributed by atoms with Crippen molar-refractivity contribution in [3.8, 4) is 33.5 Å². The number of aromatic nitrogens is 4. The summed E-state index contributed by atoms with van der Waals surface area (Å²) in [5.74, 6) is 0.434. The fourth-order valence-electron chi connectivity index (χ4n) is 12.1. The normalized spacial score (nSPS) is 20.7. The number of methoxy groups -OCH3 is 2. The predicted octanol–water partition coefficient (Wildman–Crippen LogP) is 9.67. The van der Waals surface area contributed by atoms with Crippen molar-refractivity contribution in [3.63, 3.8) is 0 Å². The monoisotopic (exact) mass is 967 g/mol. The summed E-state index contributed by atoms with van der Waals surface area (Å²) in [6.07, 6.45) is 8.71. The van der Waals surface area contributed by atoms with Crippen LogP contribution in [-0.2, 0) is 31.9 Å². The zero-order chi connectivity index (χ0) is 50.7. The molecule has 3 fully saturated rings. The molecular formula is C56H70N8O7. The number of carbonyl (C=O) groups excluding carboxylic acids is 4. The Kier molecular flexibility index (Phi) is 13.2. The third-order valence-electron chi connectivity index (χ3n) is 15.8. The second-order valence-electron chi connectivity index (χ2n) is 23.0. The maximum absolute atomic E-state index is 14.1. The van der Waals surface area contributed by atoms with E-state index in [9.17, 15) is 24.0 Å². The van der Waals surface area contributed by atoms with Crippen LogP contribution in [0.5, 0.6) is 0 Å². The van der Waals surface area contributed by atoms with Crippen LogP contribution in [0.25, 0.3) is 44.4 Å². The number of H-pyrrole nitrogens is 2. The van der Waals surface area contributed by atoms with E-state index < -0.39 is 30.3 Å². The van der Waals surface area contributed by atoms with Gasteiger partial charge >= 0.3 is 12.2 Å². The zero-order valence-electron chi connectivity index (χ0n) is 43.0. The van der Waals surface area contributed by atoms with Crippen molar-refractivity contribution in [1.82, 2.24) is 40.4 Å². The highest BCUT2D eigenvalue weighted by molar-refractivity contribution is 5.89. The number of carbonyl (C=O) groups is 4. The van der Waals surface area contributed by atoms with Crippen LogP contribution in [0.3, 0.4) is 0 Å². The minimum Gasteiger partial charge on any atom is -0.453 e. The van der Waals surface area contributed by atoms with E-state index in [4.69, 9.17) is 19.4 Å². The summed E-state index contributed by atoms with van der Waals surface area (Å²) in [6.45, 7) is 17.1. The van der Waals surface area contributed by atoms with Crippen molar-refractivity contribution in [3.05, 3.63) is 93.9 Å².